The quantitative estimate of drug-likeness (QED) is 0.484. The van der Waals surface area contributed by atoms with Crippen molar-refractivity contribution in [2.45, 2.75) is 38.1 Å². The topological polar surface area (TPSA) is 96.9 Å². The molecule has 0 bridgehead atoms. The molecule has 1 amide bonds. The number of methoxy groups -OCH3 is 1. The highest BCUT2D eigenvalue weighted by molar-refractivity contribution is 7.89. The molecule has 0 aliphatic heterocycles. The highest BCUT2D eigenvalue weighted by Crippen LogP contribution is 2.15. The lowest BCUT2D eigenvalue weighted by Gasteiger charge is -2.19. The summed E-state index contributed by atoms with van der Waals surface area (Å²) >= 11 is 0. The van der Waals surface area contributed by atoms with Crippen LogP contribution >= 0.6 is 0 Å². The number of rotatable bonds is 9. The largest absolute Gasteiger partial charge is 0.496 e. The van der Waals surface area contributed by atoms with Crippen LogP contribution in [0.3, 0.4) is 0 Å². The van der Waals surface area contributed by atoms with E-state index < -0.39 is 22.0 Å². The number of hydrogen-bond donors (Lipinski definition) is 2. The van der Waals surface area contributed by atoms with E-state index in [9.17, 15) is 13.2 Å². The lowest BCUT2D eigenvalue weighted by molar-refractivity contribution is -0.123. The SMILES string of the molecule is COc1ccccc1/C=N\NC(=O)[C@H](CC(C)C)NS(=O)(=O)c1ccc(C)cc1. The Morgan fingerprint density at radius 3 is 2.41 bits per heavy atom. The van der Waals surface area contributed by atoms with Crippen molar-refractivity contribution < 1.29 is 17.9 Å². The minimum Gasteiger partial charge on any atom is -0.496 e. The van der Waals surface area contributed by atoms with Gasteiger partial charge in [-0.25, -0.2) is 13.8 Å². The molecule has 0 aromatic heterocycles. The summed E-state index contributed by atoms with van der Waals surface area (Å²) in [6.45, 7) is 5.70. The molecule has 0 fully saturated rings. The average molecular weight is 418 g/mol. The van der Waals surface area contributed by atoms with Gasteiger partial charge in [-0.1, -0.05) is 43.7 Å². The Morgan fingerprint density at radius 1 is 1.14 bits per heavy atom. The van der Waals surface area contributed by atoms with Crippen molar-refractivity contribution in [1.82, 2.24) is 10.1 Å². The predicted molar refractivity (Wildman–Crippen MR) is 113 cm³/mol. The number of ether oxygens (including phenoxy) is 1. The first-order valence-corrected chi connectivity index (χ1v) is 10.8. The summed E-state index contributed by atoms with van der Waals surface area (Å²) in [4.78, 5) is 12.7. The Labute approximate surface area is 172 Å². The zero-order chi connectivity index (χ0) is 21.4. The number of sulfonamides is 1. The molecule has 0 aliphatic rings. The van der Waals surface area contributed by atoms with Crippen molar-refractivity contribution in [2.75, 3.05) is 7.11 Å². The van der Waals surface area contributed by atoms with Crippen LogP contribution < -0.4 is 14.9 Å². The van der Waals surface area contributed by atoms with E-state index in [0.29, 0.717) is 17.7 Å². The van der Waals surface area contributed by atoms with Gasteiger partial charge in [0.2, 0.25) is 10.0 Å². The first kappa shape index (κ1) is 22.6. The molecule has 7 nitrogen and oxygen atoms in total. The molecule has 0 radical (unpaired) electrons. The number of nitrogens with one attached hydrogen (secondary N) is 2. The first-order chi connectivity index (χ1) is 13.7. The summed E-state index contributed by atoms with van der Waals surface area (Å²) in [5, 5.41) is 3.95. The fraction of sp³-hybridized carbons (Fsp3) is 0.333. The van der Waals surface area contributed by atoms with Gasteiger partial charge in [0.25, 0.3) is 5.91 Å². The number of amides is 1. The van der Waals surface area contributed by atoms with Gasteiger partial charge in [0.15, 0.2) is 0 Å². The first-order valence-electron chi connectivity index (χ1n) is 9.28. The zero-order valence-corrected chi connectivity index (χ0v) is 17.9. The number of carbonyl (C=O) groups is 1. The molecule has 0 saturated carbocycles. The molecule has 0 spiro atoms. The van der Waals surface area contributed by atoms with E-state index in [-0.39, 0.29) is 10.8 Å². The minimum absolute atomic E-state index is 0.102. The van der Waals surface area contributed by atoms with Crippen LogP contribution in [0.25, 0.3) is 0 Å². The summed E-state index contributed by atoms with van der Waals surface area (Å²) < 4.78 is 33.1. The normalized spacial score (nSPS) is 12.9. The number of hydrazone groups is 1. The molecule has 0 aliphatic carbocycles. The molecule has 0 unspecified atom stereocenters. The van der Waals surface area contributed by atoms with Gasteiger partial charge in [0.1, 0.15) is 11.8 Å². The highest BCUT2D eigenvalue weighted by atomic mass is 32.2. The number of benzene rings is 2. The molecule has 2 N–H and O–H groups in total. The lowest BCUT2D eigenvalue weighted by Crippen LogP contribution is -2.46. The van der Waals surface area contributed by atoms with Gasteiger partial charge in [-0.05, 0) is 43.5 Å². The third-order valence-corrected chi connectivity index (χ3v) is 5.66. The van der Waals surface area contributed by atoms with Crippen molar-refractivity contribution in [2.24, 2.45) is 11.0 Å². The van der Waals surface area contributed by atoms with Crippen LogP contribution in [-0.2, 0) is 14.8 Å². The summed E-state index contributed by atoms with van der Waals surface area (Å²) in [5.74, 6) is 0.189. The number of hydrogen-bond acceptors (Lipinski definition) is 5. The fourth-order valence-corrected chi connectivity index (χ4v) is 3.88. The van der Waals surface area contributed by atoms with E-state index in [2.05, 4.69) is 15.2 Å². The maximum absolute atomic E-state index is 12.7. The Kier molecular flexibility index (Phi) is 7.92. The van der Waals surface area contributed by atoms with Crippen molar-refractivity contribution in [1.29, 1.82) is 0 Å². The molecule has 2 aromatic rings. The van der Waals surface area contributed by atoms with E-state index in [1.54, 1.807) is 31.4 Å². The second kappa shape index (κ2) is 10.2. The zero-order valence-electron chi connectivity index (χ0n) is 17.0. The molecule has 1 atom stereocenters. The minimum atomic E-state index is -3.84. The van der Waals surface area contributed by atoms with Gasteiger partial charge < -0.3 is 4.74 Å². The predicted octanol–water partition coefficient (Wildman–Crippen LogP) is 2.85. The molecule has 29 heavy (non-hydrogen) atoms. The molecular weight excluding hydrogens is 390 g/mol. The summed E-state index contributed by atoms with van der Waals surface area (Å²) in [6, 6.07) is 12.7. The van der Waals surface area contributed by atoms with E-state index in [1.165, 1.54) is 18.3 Å². The fourth-order valence-electron chi connectivity index (χ4n) is 2.67. The van der Waals surface area contributed by atoms with Crippen molar-refractivity contribution in [3.8, 4) is 5.75 Å². The number of nitrogens with zero attached hydrogens (tertiary/aromatic N) is 1. The van der Waals surface area contributed by atoms with Gasteiger partial charge in [0.05, 0.1) is 18.2 Å². The summed E-state index contributed by atoms with van der Waals surface area (Å²) in [5.41, 5.74) is 4.06. The monoisotopic (exact) mass is 417 g/mol. The number of carbonyl (C=O) groups excluding carboxylic acids is 1. The van der Waals surface area contributed by atoms with E-state index in [0.717, 1.165) is 5.56 Å². The van der Waals surface area contributed by atoms with Gasteiger partial charge >= 0.3 is 0 Å². The third-order valence-electron chi connectivity index (χ3n) is 4.17. The molecular formula is C21H27N3O4S. The lowest BCUT2D eigenvalue weighted by atomic mass is 10.0. The average Bonchev–Trinajstić information content (AvgIpc) is 2.67. The van der Waals surface area contributed by atoms with Crippen LogP contribution in [0.15, 0.2) is 58.5 Å². The molecule has 8 heteroatoms. The number of para-hydroxylation sites is 1. The van der Waals surface area contributed by atoms with Crippen molar-refractivity contribution in [3.05, 3.63) is 59.7 Å². The second-order valence-electron chi connectivity index (χ2n) is 7.09. The second-order valence-corrected chi connectivity index (χ2v) is 8.81. The van der Waals surface area contributed by atoms with Crippen molar-refractivity contribution in [3.63, 3.8) is 0 Å². The van der Waals surface area contributed by atoms with Gasteiger partial charge in [-0.2, -0.15) is 9.82 Å². The molecule has 2 rings (SSSR count). The van der Waals surface area contributed by atoms with Crippen LogP contribution in [0.2, 0.25) is 0 Å². The summed E-state index contributed by atoms with van der Waals surface area (Å²) in [7, 11) is -2.29. The third kappa shape index (κ3) is 6.69. The van der Waals surface area contributed by atoms with Gasteiger partial charge in [-0.15, -0.1) is 0 Å². The Bertz CT molecular complexity index is 954. The highest BCUT2D eigenvalue weighted by Gasteiger charge is 2.26. The van der Waals surface area contributed by atoms with Crippen LogP contribution in [-0.4, -0.2) is 33.7 Å². The Hall–Kier alpha value is -2.71. The van der Waals surface area contributed by atoms with Crippen LogP contribution in [0.5, 0.6) is 5.75 Å². The Balaban J connectivity index is 2.13. The Morgan fingerprint density at radius 2 is 1.79 bits per heavy atom. The number of aryl methyl sites for hydroxylation is 1. The van der Waals surface area contributed by atoms with Crippen LogP contribution in [0.4, 0.5) is 0 Å². The van der Waals surface area contributed by atoms with E-state index in [1.807, 2.05) is 32.9 Å². The molecule has 156 valence electrons. The van der Waals surface area contributed by atoms with E-state index >= 15 is 0 Å². The molecule has 2 aromatic carbocycles. The van der Waals surface area contributed by atoms with Gasteiger partial charge in [0, 0.05) is 5.56 Å². The summed E-state index contributed by atoms with van der Waals surface area (Å²) in [6.07, 6.45) is 1.79. The van der Waals surface area contributed by atoms with E-state index in [4.69, 9.17) is 4.74 Å². The van der Waals surface area contributed by atoms with Gasteiger partial charge in [-0.3, -0.25) is 4.79 Å². The van der Waals surface area contributed by atoms with Crippen molar-refractivity contribution >= 4 is 22.1 Å². The molecule has 0 saturated heterocycles. The molecule has 0 heterocycles. The van der Waals surface area contributed by atoms with Crippen LogP contribution in [0.1, 0.15) is 31.4 Å². The maximum atomic E-state index is 12.7. The maximum Gasteiger partial charge on any atom is 0.258 e. The van der Waals surface area contributed by atoms with Crippen LogP contribution in [0, 0.1) is 12.8 Å². The smallest absolute Gasteiger partial charge is 0.258 e. The standard InChI is InChI=1S/C21H27N3O4S/c1-15(2)13-19(24-29(26,27)18-11-9-16(3)10-12-18)21(25)23-22-14-17-7-5-6-8-20(17)28-4/h5-12,14-15,19,24H,13H2,1-4H3,(H,23,25)/b22-14-/t19-/m0/s1.